The minimum Gasteiger partial charge on any atom is -0.435 e. The summed E-state index contributed by atoms with van der Waals surface area (Å²) in [6.45, 7) is 3.87. The summed E-state index contributed by atoms with van der Waals surface area (Å²) in [4.78, 5) is 3.50. The molecular formula is C13H15F3N4O. The van der Waals surface area contributed by atoms with Crippen molar-refractivity contribution in [3.8, 4) is 11.6 Å². The van der Waals surface area contributed by atoms with Crippen molar-refractivity contribution in [3.05, 3.63) is 35.8 Å². The molecule has 2 rings (SSSR count). The summed E-state index contributed by atoms with van der Waals surface area (Å²) in [6, 6.07) is 2.26. The predicted octanol–water partition coefficient (Wildman–Crippen LogP) is 3.13. The summed E-state index contributed by atoms with van der Waals surface area (Å²) in [5.41, 5.74) is 4.86. The van der Waals surface area contributed by atoms with Crippen LogP contribution in [0.3, 0.4) is 0 Å². The van der Waals surface area contributed by atoms with Crippen molar-refractivity contribution >= 4 is 0 Å². The highest BCUT2D eigenvalue weighted by atomic mass is 19.4. The number of pyridine rings is 1. The molecule has 0 spiro atoms. The van der Waals surface area contributed by atoms with Gasteiger partial charge >= 0.3 is 6.18 Å². The van der Waals surface area contributed by atoms with E-state index >= 15 is 0 Å². The smallest absolute Gasteiger partial charge is 0.433 e. The molecule has 0 aliphatic heterocycles. The van der Waals surface area contributed by atoms with Crippen molar-refractivity contribution < 1.29 is 17.9 Å². The van der Waals surface area contributed by atoms with E-state index < -0.39 is 11.9 Å². The molecule has 0 saturated heterocycles. The van der Waals surface area contributed by atoms with Gasteiger partial charge in [-0.25, -0.2) is 4.98 Å². The first-order chi connectivity index (χ1) is 9.81. The van der Waals surface area contributed by atoms with Gasteiger partial charge in [-0.05, 0) is 19.9 Å². The molecule has 21 heavy (non-hydrogen) atoms. The zero-order valence-corrected chi connectivity index (χ0v) is 11.6. The van der Waals surface area contributed by atoms with Gasteiger partial charge in [-0.15, -0.1) is 0 Å². The molecular weight excluding hydrogens is 285 g/mol. The lowest BCUT2D eigenvalue weighted by Crippen LogP contribution is -2.10. The highest BCUT2D eigenvalue weighted by Gasteiger charge is 2.33. The summed E-state index contributed by atoms with van der Waals surface area (Å²) in [5.74, 6) is 0.154. The van der Waals surface area contributed by atoms with Crippen LogP contribution in [-0.4, -0.2) is 14.8 Å². The van der Waals surface area contributed by atoms with Crippen molar-refractivity contribution in [1.82, 2.24) is 14.8 Å². The monoisotopic (exact) mass is 300 g/mol. The average molecular weight is 300 g/mol. The molecule has 0 fully saturated rings. The van der Waals surface area contributed by atoms with Gasteiger partial charge < -0.3 is 10.5 Å². The first kappa shape index (κ1) is 15.3. The summed E-state index contributed by atoms with van der Waals surface area (Å²) in [6.07, 6.45) is -1.53. The Bertz CT molecular complexity index is 622. The summed E-state index contributed by atoms with van der Waals surface area (Å²) in [5, 5.41) is 4.05. The van der Waals surface area contributed by atoms with Crippen LogP contribution < -0.4 is 10.5 Å². The number of nitrogens with zero attached hydrogens (tertiary/aromatic N) is 3. The lowest BCUT2D eigenvalue weighted by molar-refractivity contribution is -0.141. The van der Waals surface area contributed by atoms with Crippen LogP contribution in [-0.2, 0) is 12.7 Å². The van der Waals surface area contributed by atoms with E-state index in [0.717, 1.165) is 6.07 Å². The summed E-state index contributed by atoms with van der Waals surface area (Å²) in [7, 11) is 0. The zero-order valence-electron chi connectivity index (χ0n) is 11.6. The summed E-state index contributed by atoms with van der Waals surface area (Å²) < 4.78 is 45.1. The van der Waals surface area contributed by atoms with Gasteiger partial charge in [0.2, 0.25) is 5.88 Å². The van der Waals surface area contributed by atoms with E-state index in [2.05, 4.69) is 10.1 Å². The Balaban J connectivity index is 2.32. The molecule has 8 heteroatoms. The van der Waals surface area contributed by atoms with Gasteiger partial charge in [0.1, 0.15) is 5.69 Å². The van der Waals surface area contributed by atoms with Crippen LogP contribution >= 0.6 is 0 Å². The van der Waals surface area contributed by atoms with Crippen LogP contribution in [0.15, 0.2) is 24.5 Å². The average Bonchev–Trinajstić information content (AvgIpc) is 2.86. The second-order valence-electron chi connectivity index (χ2n) is 4.71. The Hall–Kier alpha value is -2.09. The number of hydrogen-bond acceptors (Lipinski definition) is 4. The number of rotatable bonds is 4. The molecule has 0 amide bonds. The number of aromatic nitrogens is 3. The molecule has 0 radical (unpaired) electrons. The first-order valence-corrected chi connectivity index (χ1v) is 6.30. The van der Waals surface area contributed by atoms with E-state index in [4.69, 9.17) is 10.5 Å². The third kappa shape index (κ3) is 3.52. The molecule has 0 aromatic carbocycles. The third-order valence-corrected chi connectivity index (χ3v) is 2.77. The van der Waals surface area contributed by atoms with Gasteiger partial charge in [0.25, 0.3) is 0 Å². The number of halogens is 3. The van der Waals surface area contributed by atoms with Gasteiger partial charge in [0.15, 0.2) is 5.75 Å². The van der Waals surface area contributed by atoms with Crippen LogP contribution in [0.1, 0.15) is 31.1 Å². The minimum atomic E-state index is -4.53. The van der Waals surface area contributed by atoms with E-state index in [1.807, 2.05) is 13.8 Å². The summed E-state index contributed by atoms with van der Waals surface area (Å²) >= 11 is 0. The Kier molecular flexibility index (Phi) is 4.17. The van der Waals surface area contributed by atoms with Crippen LogP contribution in [0.25, 0.3) is 0 Å². The normalized spacial score (nSPS) is 12.0. The van der Waals surface area contributed by atoms with Crippen LogP contribution in [0, 0.1) is 0 Å². The minimum absolute atomic E-state index is 0.0266. The van der Waals surface area contributed by atoms with Crippen LogP contribution in [0.5, 0.6) is 11.6 Å². The highest BCUT2D eigenvalue weighted by molar-refractivity contribution is 5.32. The molecule has 2 heterocycles. The van der Waals surface area contributed by atoms with Crippen molar-refractivity contribution in [2.45, 2.75) is 32.6 Å². The lowest BCUT2D eigenvalue weighted by Gasteiger charge is -2.11. The van der Waals surface area contributed by atoms with E-state index in [-0.39, 0.29) is 18.5 Å². The number of hydrogen-bond donors (Lipinski definition) is 1. The van der Waals surface area contributed by atoms with Gasteiger partial charge in [0.05, 0.1) is 12.4 Å². The molecule has 0 unspecified atom stereocenters. The Morgan fingerprint density at radius 3 is 2.57 bits per heavy atom. The molecule has 2 aromatic rings. The number of nitrogens with two attached hydrogens (primary N) is 1. The van der Waals surface area contributed by atoms with E-state index in [1.165, 1.54) is 12.3 Å². The van der Waals surface area contributed by atoms with Crippen molar-refractivity contribution in [3.63, 3.8) is 0 Å². The van der Waals surface area contributed by atoms with E-state index in [9.17, 15) is 13.2 Å². The molecule has 2 aromatic heterocycles. The number of alkyl halides is 3. The molecule has 0 aliphatic carbocycles. The van der Waals surface area contributed by atoms with Gasteiger partial charge in [0, 0.05) is 18.2 Å². The third-order valence-electron chi connectivity index (χ3n) is 2.77. The zero-order chi connectivity index (χ0) is 15.6. The Labute approximate surface area is 119 Å². The fourth-order valence-corrected chi connectivity index (χ4v) is 1.64. The molecule has 0 aliphatic rings. The van der Waals surface area contributed by atoms with E-state index in [0.29, 0.717) is 11.3 Å². The predicted molar refractivity (Wildman–Crippen MR) is 69.8 cm³/mol. The fourth-order valence-electron chi connectivity index (χ4n) is 1.64. The lowest BCUT2D eigenvalue weighted by atomic mass is 10.2. The standard InChI is InChI=1S/C13H15F3N4O/c1-8(2)20-7-10(6-18-20)21-12-9(5-17)3-4-11(19-12)13(14,15)16/h3-4,6-8H,5,17H2,1-2H3. The molecule has 0 saturated carbocycles. The van der Waals surface area contributed by atoms with Gasteiger partial charge in [-0.2, -0.15) is 18.3 Å². The second kappa shape index (κ2) is 5.72. The highest BCUT2D eigenvalue weighted by Crippen LogP contribution is 2.31. The maximum atomic E-state index is 12.7. The topological polar surface area (TPSA) is 66.0 Å². The quantitative estimate of drug-likeness (QED) is 0.942. The number of ether oxygens (including phenoxy) is 1. The molecule has 114 valence electrons. The second-order valence-corrected chi connectivity index (χ2v) is 4.71. The maximum Gasteiger partial charge on any atom is 0.433 e. The molecule has 5 nitrogen and oxygen atoms in total. The Morgan fingerprint density at radius 2 is 2.05 bits per heavy atom. The molecule has 2 N–H and O–H groups in total. The Morgan fingerprint density at radius 1 is 1.33 bits per heavy atom. The van der Waals surface area contributed by atoms with Crippen molar-refractivity contribution in [2.24, 2.45) is 5.73 Å². The maximum absolute atomic E-state index is 12.7. The first-order valence-electron chi connectivity index (χ1n) is 6.30. The van der Waals surface area contributed by atoms with Crippen LogP contribution in [0.2, 0.25) is 0 Å². The fraction of sp³-hybridized carbons (Fsp3) is 0.385. The van der Waals surface area contributed by atoms with E-state index in [1.54, 1.807) is 10.9 Å². The van der Waals surface area contributed by atoms with Crippen molar-refractivity contribution in [2.75, 3.05) is 0 Å². The molecule has 0 bridgehead atoms. The van der Waals surface area contributed by atoms with Gasteiger partial charge in [-0.3, -0.25) is 4.68 Å². The SMILES string of the molecule is CC(C)n1cc(Oc2nc(C(F)(F)F)ccc2CN)cn1. The van der Waals surface area contributed by atoms with Crippen molar-refractivity contribution in [1.29, 1.82) is 0 Å². The van der Waals surface area contributed by atoms with Crippen LogP contribution in [0.4, 0.5) is 13.2 Å². The largest absolute Gasteiger partial charge is 0.435 e. The molecule has 0 atom stereocenters. The van der Waals surface area contributed by atoms with Gasteiger partial charge in [-0.1, -0.05) is 6.07 Å².